The summed E-state index contributed by atoms with van der Waals surface area (Å²) in [6, 6.07) is 7.36. The maximum absolute atomic E-state index is 13.3. The number of halogens is 2. The molecule has 0 aliphatic carbocycles. The zero-order valence-electron chi connectivity index (χ0n) is 19.8. The Morgan fingerprint density at radius 1 is 1.30 bits per heavy atom. The molecular weight excluding hydrogens is 534 g/mol. The second kappa shape index (κ2) is 10.5. The molecule has 0 amide bonds. The van der Waals surface area contributed by atoms with Crippen LogP contribution in [0.3, 0.4) is 0 Å². The Morgan fingerprint density at radius 2 is 1.97 bits per heavy atom. The number of aliphatic hydroxyl groups is 3. The van der Waals surface area contributed by atoms with Crippen LogP contribution in [0.1, 0.15) is 31.7 Å². The fourth-order valence-electron chi connectivity index (χ4n) is 3.91. The third kappa shape index (κ3) is 5.51. The quantitative estimate of drug-likeness (QED) is 0.166. The van der Waals surface area contributed by atoms with Gasteiger partial charge in [-0.1, -0.05) is 23.7 Å². The predicted octanol–water partition coefficient (Wildman–Crippen LogP) is 1.92. The zero-order chi connectivity index (χ0) is 27.1. The van der Waals surface area contributed by atoms with Crippen molar-refractivity contribution < 1.29 is 43.5 Å². The minimum atomic E-state index is -4.86. The fraction of sp³-hybridized carbons (Fsp3) is 0.455. The van der Waals surface area contributed by atoms with Gasteiger partial charge in [-0.15, -0.1) is 0 Å². The lowest BCUT2D eigenvalue weighted by atomic mass is 10.1. The number of rotatable bonds is 9. The molecule has 1 aliphatic heterocycles. The molecule has 1 aromatic carbocycles. The number of nitrogens with one attached hydrogen (secondary N) is 1. The Balaban J connectivity index is 1.57. The van der Waals surface area contributed by atoms with Crippen LogP contribution < -0.4 is 5.32 Å². The Labute approximate surface area is 215 Å². The highest BCUT2D eigenvalue weighted by molar-refractivity contribution is 7.53. The number of nitrogens with zero attached hydrogens (tertiary/aromatic N) is 3. The molecule has 12 nitrogen and oxygen atoms in total. The van der Waals surface area contributed by atoms with Crippen molar-refractivity contribution in [3.63, 3.8) is 0 Å². The monoisotopic (exact) mass is 560 g/mol. The van der Waals surface area contributed by atoms with E-state index in [2.05, 4.69) is 15.4 Å². The van der Waals surface area contributed by atoms with Crippen molar-refractivity contribution in [2.75, 3.05) is 18.5 Å². The number of ether oxygens (including phenoxy) is 2. The summed E-state index contributed by atoms with van der Waals surface area (Å²) in [5.74, 6) is -0.352. The first-order chi connectivity index (χ1) is 17.3. The Bertz CT molecular complexity index is 1310. The van der Waals surface area contributed by atoms with Gasteiger partial charge in [-0.05, 0) is 37.6 Å². The van der Waals surface area contributed by atoms with E-state index < -0.39 is 50.7 Å². The van der Waals surface area contributed by atoms with Gasteiger partial charge in [-0.25, -0.2) is 14.1 Å². The van der Waals surface area contributed by atoms with Gasteiger partial charge in [0.2, 0.25) is 0 Å². The van der Waals surface area contributed by atoms with Crippen LogP contribution in [0, 0.1) is 5.82 Å². The molecular formula is C22H27ClFN4O8P. The van der Waals surface area contributed by atoms with Crippen LogP contribution in [0.5, 0.6) is 0 Å². The largest absolute Gasteiger partial charge is 0.393 e. The average Bonchev–Trinajstić information content (AvgIpc) is 3.38. The van der Waals surface area contributed by atoms with Crippen molar-refractivity contribution in [2.45, 2.75) is 49.8 Å². The maximum atomic E-state index is 13.3. The van der Waals surface area contributed by atoms with Crippen molar-refractivity contribution in [3.8, 4) is 0 Å². The van der Waals surface area contributed by atoms with Gasteiger partial charge < -0.3 is 39.9 Å². The standard InChI is InChI=1S/C22H27ClFN4O8P/c1-11(12-3-5-13(24)6-4-12)26-15-7-17(23)27-20-14(15)8-25-28(20)21-19(31)18(30)16(36-21)9-35-22(2,10-29)37(32,33)34/h3-8,11,16,18-19,21,29-31H,9-10H2,1-2H3,(H,26,27)(H2,32,33,34)/t11-,16+,18+,19+,21+,22?/m0/s1. The number of hydrogen-bond acceptors (Lipinski definition) is 9. The molecule has 0 spiro atoms. The normalized spacial score (nSPS) is 24.8. The zero-order valence-corrected chi connectivity index (χ0v) is 21.4. The minimum Gasteiger partial charge on any atom is -0.393 e. The smallest absolute Gasteiger partial charge is 0.359 e. The summed E-state index contributed by atoms with van der Waals surface area (Å²) in [5, 5.41) is 36.5. The van der Waals surface area contributed by atoms with E-state index in [0.29, 0.717) is 11.1 Å². The molecule has 1 aliphatic rings. The van der Waals surface area contributed by atoms with Gasteiger partial charge in [0, 0.05) is 6.04 Å². The van der Waals surface area contributed by atoms with Crippen molar-refractivity contribution in [1.29, 1.82) is 0 Å². The SMILES string of the molecule is C[C@H](Nc1cc(Cl)nc2c1cnn2[C@@H]1O[C@H](COC(C)(CO)P(=O)(O)O)[C@@H](O)[C@H]1O)c1ccc(F)cc1. The summed E-state index contributed by atoms with van der Waals surface area (Å²) in [5.41, 5.74) is 1.61. The van der Waals surface area contributed by atoms with Gasteiger partial charge in [0.15, 0.2) is 17.2 Å². The number of hydrogen-bond donors (Lipinski definition) is 6. The molecule has 1 fully saturated rings. The fourth-order valence-corrected chi connectivity index (χ4v) is 4.53. The van der Waals surface area contributed by atoms with Crippen LogP contribution in [0.15, 0.2) is 36.5 Å². The lowest BCUT2D eigenvalue weighted by Gasteiger charge is -2.29. The summed E-state index contributed by atoms with van der Waals surface area (Å²) in [6.07, 6.45) is -3.96. The van der Waals surface area contributed by atoms with Crippen LogP contribution in [0.2, 0.25) is 5.15 Å². The van der Waals surface area contributed by atoms with E-state index in [1.54, 1.807) is 18.2 Å². The van der Waals surface area contributed by atoms with Crippen LogP contribution in [-0.4, -0.2) is 76.7 Å². The first kappa shape index (κ1) is 27.8. The molecule has 3 heterocycles. The van der Waals surface area contributed by atoms with Crippen molar-refractivity contribution in [2.24, 2.45) is 0 Å². The van der Waals surface area contributed by atoms with Crippen LogP contribution >= 0.6 is 19.2 Å². The molecule has 6 N–H and O–H groups in total. The summed E-state index contributed by atoms with van der Waals surface area (Å²) in [7, 11) is -4.86. The van der Waals surface area contributed by atoms with Gasteiger partial charge in [0.25, 0.3) is 0 Å². The Hall–Kier alpha value is -2.19. The van der Waals surface area contributed by atoms with Gasteiger partial charge >= 0.3 is 7.60 Å². The number of aliphatic hydroxyl groups excluding tert-OH is 3. The molecule has 0 radical (unpaired) electrons. The summed E-state index contributed by atoms with van der Waals surface area (Å²) < 4.78 is 37.2. The average molecular weight is 561 g/mol. The highest BCUT2D eigenvalue weighted by Gasteiger charge is 2.48. The second-order valence-electron chi connectivity index (χ2n) is 8.97. The van der Waals surface area contributed by atoms with Gasteiger partial charge in [-0.3, -0.25) is 4.57 Å². The summed E-state index contributed by atoms with van der Waals surface area (Å²) in [4.78, 5) is 23.2. The van der Waals surface area contributed by atoms with E-state index in [0.717, 1.165) is 12.5 Å². The molecule has 2 aromatic heterocycles. The summed E-state index contributed by atoms with van der Waals surface area (Å²) >= 11 is 6.25. The Kier molecular flexibility index (Phi) is 7.92. The number of anilines is 1. The van der Waals surface area contributed by atoms with Crippen molar-refractivity contribution in [3.05, 3.63) is 53.1 Å². The molecule has 37 heavy (non-hydrogen) atoms. The molecule has 0 bridgehead atoms. The number of pyridine rings is 1. The minimum absolute atomic E-state index is 0.108. The molecule has 0 saturated carbocycles. The third-order valence-corrected chi connectivity index (χ3v) is 8.02. The highest BCUT2D eigenvalue weighted by Crippen LogP contribution is 2.51. The first-order valence-electron chi connectivity index (χ1n) is 11.2. The topological polar surface area (TPSA) is 179 Å². The second-order valence-corrected chi connectivity index (χ2v) is 11.4. The van der Waals surface area contributed by atoms with E-state index in [1.807, 2.05) is 6.92 Å². The first-order valence-corrected chi connectivity index (χ1v) is 13.2. The predicted molar refractivity (Wildman–Crippen MR) is 130 cm³/mol. The van der Waals surface area contributed by atoms with E-state index in [-0.39, 0.29) is 22.7 Å². The van der Waals surface area contributed by atoms with E-state index >= 15 is 0 Å². The van der Waals surface area contributed by atoms with Gasteiger partial charge in [0.05, 0.1) is 30.5 Å². The summed E-state index contributed by atoms with van der Waals surface area (Å²) in [6.45, 7) is 1.38. The number of aromatic nitrogens is 3. The molecule has 4 rings (SSSR count). The van der Waals surface area contributed by atoms with Crippen molar-refractivity contribution >= 4 is 35.9 Å². The van der Waals surface area contributed by atoms with Gasteiger partial charge in [0.1, 0.15) is 29.3 Å². The molecule has 3 aromatic rings. The number of benzene rings is 1. The Morgan fingerprint density at radius 3 is 2.59 bits per heavy atom. The van der Waals surface area contributed by atoms with E-state index in [9.17, 15) is 34.1 Å². The van der Waals surface area contributed by atoms with Gasteiger partial charge in [-0.2, -0.15) is 5.10 Å². The molecule has 1 unspecified atom stereocenters. The van der Waals surface area contributed by atoms with E-state index in [4.69, 9.17) is 21.1 Å². The van der Waals surface area contributed by atoms with E-state index in [1.165, 1.54) is 23.0 Å². The lowest BCUT2D eigenvalue weighted by Crippen LogP contribution is -2.39. The highest BCUT2D eigenvalue weighted by atomic mass is 35.5. The molecule has 202 valence electrons. The molecule has 6 atom stereocenters. The molecule has 1 saturated heterocycles. The van der Waals surface area contributed by atoms with Crippen LogP contribution in [-0.2, 0) is 14.0 Å². The van der Waals surface area contributed by atoms with Crippen molar-refractivity contribution in [1.82, 2.24) is 14.8 Å². The maximum Gasteiger partial charge on any atom is 0.359 e. The molecule has 15 heteroatoms. The lowest BCUT2D eigenvalue weighted by molar-refractivity contribution is -0.104. The van der Waals surface area contributed by atoms with Crippen LogP contribution in [0.25, 0.3) is 11.0 Å². The number of fused-ring (bicyclic) bond motifs is 1. The third-order valence-electron chi connectivity index (χ3n) is 6.32. The van der Waals surface area contributed by atoms with Crippen LogP contribution in [0.4, 0.5) is 10.1 Å².